The van der Waals surface area contributed by atoms with Gasteiger partial charge in [-0.05, 0) is 42.5 Å². The van der Waals surface area contributed by atoms with Crippen LogP contribution in [0.15, 0.2) is 55.0 Å². The zero-order chi connectivity index (χ0) is 23.9. The highest BCUT2D eigenvalue weighted by Crippen LogP contribution is 2.37. The van der Waals surface area contributed by atoms with Gasteiger partial charge >= 0.3 is 12.2 Å². The Morgan fingerprint density at radius 2 is 1.88 bits per heavy atom. The normalized spacial score (nSPS) is 13.8. The Morgan fingerprint density at radius 3 is 2.62 bits per heavy atom. The molecule has 1 aliphatic rings. The molecule has 174 valence electrons. The van der Waals surface area contributed by atoms with Crippen molar-refractivity contribution in [2.45, 2.75) is 12.7 Å². The number of aromatic nitrogens is 4. The fraction of sp³-hybridized carbons (Fsp3) is 0.182. The van der Waals surface area contributed by atoms with Crippen LogP contribution in [0.2, 0.25) is 0 Å². The third-order valence-electron chi connectivity index (χ3n) is 5.30. The second-order valence-electron chi connectivity index (χ2n) is 7.52. The molecule has 2 amide bonds. The molecule has 0 fully saturated rings. The number of methoxy groups -OCH3 is 1. The summed E-state index contributed by atoms with van der Waals surface area (Å²) in [5.74, 6) is 0.564. The van der Waals surface area contributed by atoms with Gasteiger partial charge in [0.2, 0.25) is 5.95 Å². The van der Waals surface area contributed by atoms with E-state index in [9.17, 15) is 18.0 Å². The Balaban J connectivity index is 1.57. The third kappa shape index (κ3) is 4.05. The molecule has 2 aromatic carbocycles. The topological polar surface area (TPSA) is 99.3 Å². The van der Waals surface area contributed by atoms with Crippen LogP contribution in [0, 0.1) is 0 Å². The Kier molecular flexibility index (Phi) is 5.19. The van der Waals surface area contributed by atoms with Crippen molar-refractivity contribution >= 4 is 40.2 Å². The molecule has 2 N–H and O–H groups in total. The molecule has 0 spiro atoms. The summed E-state index contributed by atoms with van der Waals surface area (Å²) < 4.78 is 43.2. The van der Waals surface area contributed by atoms with Crippen molar-refractivity contribution in [2.75, 3.05) is 28.8 Å². The van der Waals surface area contributed by atoms with Crippen LogP contribution in [0.4, 0.5) is 41.1 Å². The highest BCUT2D eigenvalue weighted by atomic mass is 19.4. The molecule has 3 heterocycles. The summed E-state index contributed by atoms with van der Waals surface area (Å²) in [7, 11) is 1.52. The van der Waals surface area contributed by atoms with E-state index >= 15 is 0 Å². The molecule has 1 aliphatic heterocycles. The van der Waals surface area contributed by atoms with Crippen LogP contribution < -0.4 is 19.9 Å². The Hall–Kier alpha value is -4.35. The Labute approximate surface area is 191 Å². The summed E-state index contributed by atoms with van der Waals surface area (Å²) in [5, 5.41) is 2.17. The highest BCUT2D eigenvalue weighted by Gasteiger charge is 2.35. The minimum absolute atomic E-state index is 0.139. The largest absolute Gasteiger partial charge is 0.497 e. The monoisotopic (exact) mass is 469 g/mol. The van der Waals surface area contributed by atoms with Crippen LogP contribution in [0.25, 0.3) is 11.0 Å². The minimum atomic E-state index is -4.44. The van der Waals surface area contributed by atoms with E-state index in [1.807, 2.05) is 0 Å². The SMILES string of the molecule is COc1ccc(N2C(=O)N(c3ccc4nc[nH]c4c3)Cc3cnc(NCC(F)(F)F)nc32)cc1. The number of imidazole rings is 1. The van der Waals surface area contributed by atoms with E-state index < -0.39 is 18.8 Å². The summed E-state index contributed by atoms with van der Waals surface area (Å²) in [5.41, 5.74) is 3.17. The zero-order valence-electron chi connectivity index (χ0n) is 17.8. The molecule has 12 heteroatoms. The lowest BCUT2D eigenvalue weighted by molar-refractivity contribution is -0.115. The molecule has 5 rings (SSSR count). The lowest BCUT2D eigenvalue weighted by Gasteiger charge is -2.36. The molecule has 0 saturated carbocycles. The zero-order valence-corrected chi connectivity index (χ0v) is 17.8. The summed E-state index contributed by atoms with van der Waals surface area (Å²) in [6.07, 6.45) is -1.45. The summed E-state index contributed by atoms with van der Waals surface area (Å²) in [4.78, 5) is 32.0. The van der Waals surface area contributed by atoms with E-state index in [1.165, 1.54) is 18.2 Å². The molecule has 0 atom stereocenters. The molecular formula is C22H18F3N7O2. The van der Waals surface area contributed by atoms with E-state index in [0.29, 0.717) is 22.7 Å². The quantitative estimate of drug-likeness (QED) is 0.443. The van der Waals surface area contributed by atoms with Crippen LogP contribution in [0.1, 0.15) is 5.56 Å². The summed E-state index contributed by atoms with van der Waals surface area (Å²) >= 11 is 0. The molecule has 4 aromatic rings. The number of benzene rings is 2. The Morgan fingerprint density at radius 1 is 1.12 bits per heavy atom. The lowest BCUT2D eigenvalue weighted by atomic mass is 10.1. The maximum Gasteiger partial charge on any atom is 0.405 e. The van der Waals surface area contributed by atoms with Crippen LogP contribution in [0.3, 0.4) is 0 Å². The number of hydrogen-bond donors (Lipinski definition) is 2. The molecule has 0 unspecified atom stereocenters. The van der Waals surface area contributed by atoms with Crippen molar-refractivity contribution < 1.29 is 22.7 Å². The third-order valence-corrected chi connectivity index (χ3v) is 5.30. The van der Waals surface area contributed by atoms with Crippen LogP contribution >= 0.6 is 0 Å². The molecule has 0 bridgehead atoms. The molecular weight excluding hydrogens is 451 g/mol. The van der Waals surface area contributed by atoms with Gasteiger partial charge in [0.15, 0.2) is 5.82 Å². The van der Waals surface area contributed by atoms with Gasteiger partial charge in [-0.2, -0.15) is 18.2 Å². The number of nitrogens with one attached hydrogen (secondary N) is 2. The predicted octanol–water partition coefficient (Wildman–Crippen LogP) is 4.61. The molecule has 2 aromatic heterocycles. The number of fused-ring (bicyclic) bond motifs is 2. The first-order valence-electron chi connectivity index (χ1n) is 10.2. The van der Waals surface area contributed by atoms with E-state index in [-0.39, 0.29) is 18.3 Å². The summed E-state index contributed by atoms with van der Waals surface area (Å²) in [6, 6.07) is 11.7. The number of hydrogen-bond acceptors (Lipinski definition) is 6. The average molecular weight is 469 g/mol. The number of anilines is 4. The van der Waals surface area contributed by atoms with E-state index in [4.69, 9.17) is 4.74 Å². The number of H-pyrrole nitrogens is 1. The highest BCUT2D eigenvalue weighted by molar-refractivity contribution is 6.10. The van der Waals surface area contributed by atoms with Gasteiger partial charge in [-0.25, -0.2) is 19.7 Å². The van der Waals surface area contributed by atoms with Crippen molar-refractivity contribution in [3.63, 3.8) is 0 Å². The number of nitrogens with zero attached hydrogens (tertiary/aromatic N) is 5. The number of aromatic amines is 1. The van der Waals surface area contributed by atoms with E-state index in [1.54, 1.807) is 53.7 Å². The smallest absolute Gasteiger partial charge is 0.405 e. The number of carbonyl (C=O) groups is 1. The fourth-order valence-electron chi connectivity index (χ4n) is 3.67. The molecule has 34 heavy (non-hydrogen) atoms. The second-order valence-corrected chi connectivity index (χ2v) is 7.52. The fourth-order valence-corrected chi connectivity index (χ4v) is 3.67. The van der Waals surface area contributed by atoms with Crippen LogP contribution in [-0.4, -0.2) is 45.8 Å². The van der Waals surface area contributed by atoms with Gasteiger partial charge in [0.25, 0.3) is 0 Å². The van der Waals surface area contributed by atoms with Crippen molar-refractivity contribution in [2.24, 2.45) is 0 Å². The van der Waals surface area contributed by atoms with Gasteiger partial charge in [-0.15, -0.1) is 0 Å². The number of urea groups is 1. The van der Waals surface area contributed by atoms with Gasteiger partial charge in [0, 0.05) is 17.4 Å². The van der Waals surface area contributed by atoms with E-state index in [2.05, 4.69) is 25.3 Å². The molecule has 0 saturated heterocycles. The number of alkyl halides is 3. The number of halogens is 3. The molecule has 9 nitrogen and oxygen atoms in total. The predicted molar refractivity (Wildman–Crippen MR) is 119 cm³/mol. The lowest BCUT2D eigenvalue weighted by Crippen LogP contribution is -2.45. The maximum absolute atomic E-state index is 13.7. The minimum Gasteiger partial charge on any atom is -0.497 e. The second kappa shape index (κ2) is 8.21. The summed E-state index contributed by atoms with van der Waals surface area (Å²) in [6.45, 7) is -1.15. The van der Waals surface area contributed by atoms with Gasteiger partial charge < -0.3 is 15.0 Å². The molecule has 0 aliphatic carbocycles. The van der Waals surface area contributed by atoms with Gasteiger partial charge in [0.1, 0.15) is 12.3 Å². The Bertz CT molecular complexity index is 1350. The first-order valence-corrected chi connectivity index (χ1v) is 10.2. The standard InChI is InChI=1S/C22H18F3N7O2/c1-34-16-5-2-14(3-6-16)32-19-13(9-26-20(30-19)27-11-22(23,24)25)10-31(21(32)33)15-4-7-17-18(8-15)29-12-28-17/h2-9,12H,10-11H2,1H3,(H,28,29)(H,26,27,30). The van der Waals surface area contributed by atoms with Gasteiger partial charge in [0.05, 0.1) is 36.7 Å². The first-order chi connectivity index (χ1) is 16.3. The number of amides is 2. The number of carbonyl (C=O) groups excluding carboxylic acids is 1. The van der Waals surface area contributed by atoms with Crippen molar-refractivity contribution in [3.8, 4) is 5.75 Å². The molecule has 0 radical (unpaired) electrons. The van der Waals surface area contributed by atoms with Crippen LogP contribution in [0.5, 0.6) is 5.75 Å². The maximum atomic E-state index is 13.7. The number of rotatable bonds is 5. The van der Waals surface area contributed by atoms with Gasteiger partial charge in [-0.3, -0.25) is 4.90 Å². The number of ether oxygens (including phenoxy) is 1. The average Bonchev–Trinajstić information content (AvgIpc) is 3.30. The van der Waals surface area contributed by atoms with Crippen molar-refractivity contribution in [3.05, 3.63) is 60.6 Å². The van der Waals surface area contributed by atoms with Crippen molar-refractivity contribution in [1.82, 2.24) is 19.9 Å². The van der Waals surface area contributed by atoms with Crippen molar-refractivity contribution in [1.29, 1.82) is 0 Å². The van der Waals surface area contributed by atoms with Gasteiger partial charge in [-0.1, -0.05) is 0 Å². The van der Waals surface area contributed by atoms with E-state index in [0.717, 1.165) is 11.0 Å². The first kappa shape index (κ1) is 21.5. The van der Waals surface area contributed by atoms with Crippen LogP contribution in [-0.2, 0) is 6.54 Å².